The molecule has 3 heterocycles. The summed E-state index contributed by atoms with van der Waals surface area (Å²) in [5.74, 6) is -4.17. The number of alkyl halides is 2. The molecule has 0 unspecified atom stereocenters. The molecule has 212 valence electrons. The Labute approximate surface area is 242 Å². The fourth-order valence-corrected chi connectivity index (χ4v) is 6.03. The van der Waals surface area contributed by atoms with Crippen molar-refractivity contribution in [1.82, 2.24) is 14.8 Å². The van der Waals surface area contributed by atoms with Gasteiger partial charge < -0.3 is 14.9 Å². The monoisotopic (exact) mass is 588 g/mol. The zero-order chi connectivity index (χ0) is 27.6. The van der Waals surface area contributed by atoms with E-state index in [0.29, 0.717) is 54.0 Å². The lowest BCUT2D eigenvalue weighted by Gasteiger charge is -2.34. The van der Waals surface area contributed by atoms with E-state index in [1.54, 1.807) is 36.1 Å². The van der Waals surface area contributed by atoms with E-state index in [9.17, 15) is 9.59 Å². The minimum Gasteiger partial charge on any atom is -0.395 e. The molecule has 0 aliphatic carbocycles. The zero-order valence-electron chi connectivity index (χ0n) is 22.1. The van der Waals surface area contributed by atoms with Gasteiger partial charge in [-0.2, -0.15) is 0 Å². The summed E-state index contributed by atoms with van der Waals surface area (Å²) >= 11 is 1.24. The number of rotatable bonds is 5. The van der Waals surface area contributed by atoms with Gasteiger partial charge in [0.05, 0.1) is 18.0 Å². The molecule has 2 aromatic carbocycles. The molecular weight excluding hydrogens is 558 g/mol. The molecule has 0 spiro atoms. The second-order valence-corrected chi connectivity index (χ2v) is 10.7. The zero-order valence-corrected chi connectivity index (χ0v) is 23.7. The Morgan fingerprint density at radius 2 is 1.70 bits per heavy atom. The first-order valence-corrected chi connectivity index (χ1v) is 13.8. The molecule has 0 bridgehead atoms. The maximum atomic E-state index is 15.6. The highest BCUT2D eigenvalue weighted by Gasteiger charge is 2.42. The van der Waals surface area contributed by atoms with Crippen LogP contribution in [0.15, 0.2) is 60.7 Å². The number of para-hydroxylation sites is 1. The number of aryl methyl sites for hydroxylation is 1. The van der Waals surface area contributed by atoms with Crippen LogP contribution in [0.2, 0.25) is 0 Å². The Morgan fingerprint density at radius 1 is 1.02 bits per heavy atom. The first kappa shape index (κ1) is 29.8. The quantitative estimate of drug-likeness (QED) is 0.436. The summed E-state index contributed by atoms with van der Waals surface area (Å²) in [4.78, 5) is 36.8. The standard InChI is InChI=1S/C29H30F2N4O3S.ClH/c1-20-26(39-27(32-20)21-7-3-2-4-8-21)28(38)35-12-11-29(30,31)23(22-9-5-6-10-24(22)35)19-25(37)34-15-13-33(14-16-34)17-18-36;/h2-10,19,36H,11-18H2,1H3;1H. The predicted molar refractivity (Wildman–Crippen MR) is 155 cm³/mol. The minimum atomic E-state index is -3.31. The second kappa shape index (κ2) is 12.6. The van der Waals surface area contributed by atoms with Crippen molar-refractivity contribution < 1.29 is 23.5 Å². The SMILES string of the molecule is Cc1nc(-c2ccccc2)sc1C(=O)N1CCC(F)(F)C(=CC(=O)N2CCN(CCO)CC2)c2ccccc21.Cl. The molecule has 40 heavy (non-hydrogen) atoms. The predicted octanol–water partition coefficient (Wildman–Crippen LogP) is 4.75. The molecule has 1 saturated heterocycles. The number of aliphatic hydroxyl groups excluding tert-OH is 1. The van der Waals surface area contributed by atoms with Crippen LogP contribution in [0.1, 0.15) is 27.3 Å². The number of nitrogens with zero attached hydrogens (tertiary/aromatic N) is 4. The molecule has 5 rings (SSSR count). The Kier molecular flexibility index (Phi) is 9.35. The number of fused-ring (bicyclic) bond motifs is 1. The smallest absolute Gasteiger partial charge is 0.275 e. The van der Waals surface area contributed by atoms with E-state index in [4.69, 9.17) is 5.11 Å². The highest BCUT2D eigenvalue weighted by atomic mass is 35.5. The van der Waals surface area contributed by atoms with Gasteiger partial charge in [0.1, 0.15) is 9.88 Å². The van der Waals surface area contributed by atoms with Crippen LogP contribution in [-0.2, 0) is 4.79 Å². The van der Waals surface area contributed by atoms with Crippen LogP contribution in [0.25, 0.3) is 16.1 Å². The number of β-amino-alcohol motifs (C(OH)–C–C–N with tert-alkyl or cyclic N) is 1. The number of benzene rings is 2. The Balaban J connectivity index is 0.00000370. The summed E-state index contributed by atoms with van der Waals surface area (Å²) in [6, 6.07) is 16.0. The average Bonchev–Trinajstić information content (AvgIpc) is 3.29. The fourth-order valence-electron chi connectivity index (χ4n) is 5.01. The number of hydrogen-bond donors (Lipinski definition) is 1. The van der Waals surface area contributed by atoms with Gasteiger partial charge in [0.15, 0.2) is 0 Å². The highest BCUT2D eigenvalue weighted by Crippen LogP contribution is 2.44. The number of aromatic nitrogens is 1. The summed E-state index contributed by atoms with van der Waals surface area (Å²) in [5, 5.41) is 9.83. The van der Waals surface area contributed by atoms with Gasteiger partial charge in [-0.25, -0.2) is 13.8 Å². The lowest BCUT2D eigenvalue weighted by atomic mass is 9.96. The van der Waals surface area contributed by atoms with E-state index >= 15 is 8.78 Å². The van der Waals surface area contributed by atoms with Gasteiger partial charge in [0.25, 0.3) is 11.8 Å². The largest absolute Gasteiger partial charge is 0.395 e. The number of aliphatic hydroxyl groups is 1. The van der Waals surface area contributed by atoms with Crippen molar-refractivity contribution in [1.29, 1.82) is 0 Å². The molecule has 2 aliphatic heterocycles. The Morgan fingerprint density at radius 3 is 2.40 bits per heavy atom. The van der Waals surface area contributed by atoms with Gasteiger partial charge in [-0.3, -0.25) is 14.5 Å². The molecule has 7 nitrogen and oxygen atoms in total. The van der Waals surface area contributed by atoms with Crippen LogP contribution in [0.5, 0.6) is 0 Å². The third-order valence-electron chi connectivity index (χ3n) is 7.15. The van der Waals surface area contributed by atoms with Crippen molar-refractivity contribution >= 4 is 46.8 Å². The van der Waals surface area contributed by atoms with Gasteiger partial charge in [0.2, 0.25) is 5.91 Å². The molecule has 1 aromatic heterocycles. The second-order valence-electron chi connectivity index (χ2n) is 9.68. The average molecular weight is 589 g/mol. The first-order valence-electron chi connectivity index (χ1n) is 12.9. The number of hydrogen-bond acceptors (Lipinski definition) is 6. The third-order valence-corrected chi connectivity index (χ3v) is 8.35. The maximum absolute atomic E-state index is 15.6. The first-order chi connectivity index (χ1) is 18.8. The molecule has 1 N–H and O–H groups in total. The molecule has 2 amide bonds. The van der Waals surface area contributed by atoms with Crippen LogP contribution < -0.4 is 4.90 Å². The molecule has 2 aliphatic rings. The molecule has 0 radical (unpaired) electrons. The van der Waals surface area contributed by atoms with E-state index in [2.05, 4.69) is 4.98 Å². The lowest BCUT2D eigenvalue weighted by Crippen LogP contribution is -2.49. The summed E-state index contributed by atoms with van der Waals surface area (Å²) in [6.45, 7) is 4.04. The van der Waals surface area contributed by atoms with Crippen molar-refractivity contribution in [2.45, 2.75) is 19.3 Å². The molecule has 3 aromatic rings. The lowest BCUT2D eigenvalue weighted by molar-refractivity contribution is -0.127. The Hall–Kier alpha value is -3.18. The van der Waals surface area contributed by atoms with Gasteiger partial charge in [-0.1, -0.05) is 48.5 Å². The van der Waals surface area contributed by atoms with E-state index in [0.717, 1.165) is 11.6 Å². The van der Waals surface area contributed by atoms with E-state index in [1.165, 1.54) is 16.2 Å². The van der Waals surface area contributed by atoms with Crippen LogP contribution in [-0.4, -0.2) is 83.5 Å². The number of anilines is 1. The van der Waals surface area contributed by atoms with Gasteiger partial charge in [0, 0.05) is 68.5 Å². The fraction of sp³-hybridized carbons (Fsp3) is 0.345. The number of amides is 2. The summed E-state index contributed by atoms with van der Waals surface area (Å²) < 4.78 is 31.2. The van der Waals surface area contributed by atoms with Crippen LogP contribution >= 0.6 is 23.7 Å². The summed E-state index contributed by atoms with van der Waals surface area (Å²) in [7, 11) is 0. The van der Waals surface area contributed by atoms with E-state index in [-0.39, 0.29) is 42.6 Å². The van der Waals surface area contributed by atoms with E-state index < -0.39 is 18.3 Å². The molecule has 0 saturated carbocycles. The number of halogens is 3. The van der Waals surface area contributed by atoms with Crippen molar-refractivity contribution in [2.24, 2.45) is 0 Å². The van der Waals surface area contributed by atoms with Gasteiger partial charge in [-0.05, 0) is 13.0 Å². The van der Waals surface area contributed by atoms with Crippen LogP contribution in [0.3, 0.4) is 0 Å². The molecule has 11 heteroatoms. The Bertz CT molecular complexity index is 1390. The number of carbonyl (C=O) groups is 2. The number of piperazine rings is 1. The van der Waals surface area contributed by atoms with Crippen LogP contribution in [0.4, 0.5) is 14.5 Å². The summed E-state index contributed by atoms with van der Waals surface area (Å²) in [6.07, 6.45) is 0.431. The van der Waals surface area contributed by atoms with Gasteiger partial charge in [-0.15, -0.1) is 23.7 Å². The van der Waals surface area contributed by atoms with Crippen molar-refractivity contribution in [2.75, 3.05) is 50.8 Å². The topological polar surface area (TPSA) is 77.0 Å². The molecule has 0 atom stereocenters. The van der Waals surface area contributed by atoms with Crippen molar-refractivity contribution in [3.63, 3.8) is 0 Å². The maximum Gasteiger partial charge on any atom is 0.275 e. The normalized spacial score (nSPS) is 18.1. The number of allylic oxidation sites excluding steroid dienone is 1. The van der Waals surface area contributed by atoms with E-state index in [1.807, 2.05) is 35.2 Å². The number of thiazole rings is 1. The van der Waals surface area contributed by atoms with Crippen molar-refractivity contribution in [3.8, 4) is 10.6 Å². The van der Waals surface area contributed by atoms with Crippen molar-refractivity contribution in [3.05, 3.63) is 76.8 Å². The molecule has 1 fully saturated rings. The number of carbonyl (C=O) groups excluding carboxylic acids is 2. The van der Waals surface area contributed by atoms with Crippen LogP contribution in [0, 0.1) is 6.92 Å². The summed E-state index contributed by atoms with van der Waals surface area (Å²) in [5.41, 5.74) is 1.57. The minimum absolute atomic E-state index is 0. The van der Waals surface area contributed by atoms with Gasteiger partial charge >= 0.3 is 0 Å². The molecular formula is C29H31ClF2N4O3S. The third kappa shape index (κ3) is 6.10. The highest BCUT2D eigenvalue weighted by molar-refractivity contribution is 7.17.